The van der Waals surface area contributed by atoms with Gasteiger partial charge in [0.1, 0.15) is 48.1 Å². The molecule has 5 aliphatic heterocycles. The van der Waals surface area contributed by atoms with Gasteiger partial charge in [0.15, 0.2) is 11.5 Å². The van der Waals surface area contributed by atoms with Gasteiger partial charge in [-0.15, -0.1) is 0 Å². The number of Topliss-reactive ketones (excluding diaryl/α,β-unsaturated/α-hetero) is 1. The highest BCUT2D eigenvalue weighted by Gasteiger charge is 2.51. The standard InChI is InChI=1S/C48H50N4O7/c1-26-4-8-31(40(56)18-26)41(57)20-29(53)7-5-27-19-43-42(21-39(27)55)58-17-16-48(14-2-3-15-48)36-12-13-38(54)32-10-11-33-44-28(22-51-46(33)49)6-9-30(45(32)44)34-23-50-37-25-52(24-35(34)37)47(36)59-43/h4,6,8-11,19,21,23,25-26,28,30-31,36,38,40-41,46-47,51,54-57H,2-3,5,7,14-15,18,20,22,24,49H2,1H3/p+1. The van der Waals surface area contributed by atoms with Gasteiger partial charge in [-0.05, 0) is 71.1 Å². The lowest BCUT2D eigenvalue weighted by atomic mass is 9.71. The molecule has 10 rings (SSSR count). The molecule has 1 saturated carbocycles. The number of phenols is 1. The molecule has 304 valence electrons. The van der Waals surface area contributed by atoms with Crippen molar-refractivity contribution in [2.24, 2.45) is 33.9 Å². The molecule has 8 aliphatic rings. The minimum atomic E-state index is -1.08. The first-order chi connectivity index (χ1) is 28.6. The molecule has 2 aromatic carbocycles. The van der Waals surface area contributed by atoms with Gasteiger partial charge in [0.2, 0.25) is 0 Å². The highest BCUT2D eigenvalue weighted by molar-refractivity contribution is 5.90. The molecule has 0 amide bonds. The third kappa shape index (κ3) is 6.65. The number of nitrogens with one attached hydrogen (secondary N) is 2. The summed E-state index contributed by atoms with van der Waals surface area (Å²) in [7, 11) is 0. The fraction of sp³-hybridized carbons (Fsp3) is 0.458. The van der Waals surface area contributed by atoms with Crippen molar-refractivity contribution < 1.29 is 39.6 Å². The molecule has 8 N–H and O–H groups in total. The van der Waals surface area contributed by atoms with Crippen molar-refractivity contribution in [2.75, 3.05) is 13.1 Å². The van der Waals surface area contributed by atoms with E-state index in [0.717, 1.165) is 64.1 Å². The van der Waals surface area contributed by atoms with Crippen LogP contribution in [0.25, 0.3) is 0 Å². The number of aliphatic hydroxyl groups excluding tert-OH is 3. The Morgan fingerprint density at radius 2 is 1.92 bits per heavy atom. The lowest BCUT2D eigenvalue weighted by Gasteiger charge is -2.38. The lowest BCUT2D eigenvalue weighted by Crippen LogP contribution is -3.12. The molecule has 0 radical (unpaired) electrons. The van der Waals surface area contributed by atoms with E-state index in [9.17, 15) is 25.2 Å². The Bertz CT molecular complexity index is 2390. The average Bonchev–Trinajstić information content (AvgIpc) is 3.96. The van der Waals surface area contributed by atoms with E-state index in [1.54, 1.807) is 6.07 Å². The number of phenolic OH excluding ortho intramolecular Hbond substituents is 1. The molecule has 5 heterocycles. The second-order valence-corrected chi connectivity index (χ2v) is 17.8. The van der Waals surface area contributed by atoms with Gasteiger partial charge in [0.05, 0.1) is 23.8 Å². The number of aliphatic hydroxyl groups is 3. The second kappa shape index (κ2) is 14.9. The van der Waals surface area contributed by atoms with Gasteiger partial charge in [-0.3, -0.25) is 20.0 Å². The number of nitrogens with zero attached hydrogens (tertiary/aromatic N) is 1. The number of allylic oxidation sites excluding steroid dienone is 3. The summed E-state index contributed by atoms with van der Waals surface area (Å²) >= 11 is 0. The first-order valence-corrected chi connectivity index (χ1v) is 21.2. The summed E-state index contributed by atoms with van der Waals surface area (Å²) in [6.45, 7) is 3.32. The number of ketones is 1. The molecule has 0 saturated heterocycles. The van der Waals surface area contributed by atoms with Gasteiger partial charge in [0.25, 0.3) is 6.23 Å². The monoisotopic (exact) mass is 795 g/mol. The SMILES string of the molecule is CC1C=CC(C(O)CC(=O)CCc2cc3c(cc2O)OC#CC2(CCCC2)C2C#CC(O)c4ccc5c6c4C(C=CC6CNC5N)C4=C5C[NH+](C=C5N=C4)C2O3)C(O)C1. The number of aliphatic imine (C=N–C) groups is 1. The van der Waals surface area contributed by atoms with Crippen LogP contribution in [-0.4, -0.2) is 63.9 Å². The molecule has 59 heavy (non-hydrogen) atoms. The summed E-state index contributed by atoms with van der Waals surface area (Å²) < 4.78 is 13.2. The summed E-state index contributed by atoms with van der Waals surface area (Å²) in [5.41, 5.74) is 13.7. The molecule has 11 atom stereocenters. The highest BCUT2D eigenvalue weighted by Crippen LogP contribution is 2.50. The Morgan fingerprint density at radius 3 is 2.75 bits per heavy atom. The van der Waals surface area contributed by atoms with Crippen LogP contribution in [0.3, 0.4) is 0 Å². The number of hydrogen-bond donors (Lipinski definition) is 7. The van der Waals surface area contributed by atoms with Crippen molar-refractivity contribution >= 4 is 12.0 Å². The number of aromatic hydroxyl groups is 1. The van der Waals surface area contributed by atoms with Crippen LogP contribution in [0.15, 0.2) is 76.6 Å². The predicted molar refractivity (Wildman–Crippen MR) is 220 cm³/mol. The number of quaternary nitrogens is 1. The van der Waals surface area contributed by atoms with E-state index >= 15 is 0 Å². The molecule has 1 fully saturated rings. The number of aryl methyl sites for hydroxylation is 1. The van der Waals surface area contributed by atoms with E-state index in [0.29, 0.717) is 30.8 Å². The van der Waals surface area contributed by atoms with Crippen molar-refractivity contribution in [1.82, 2.24) is 5.32 Å². The van der Waals surface area contributed by atoms with Crippen LogP contribution in [0.1, 0.15) is 104 Å². The summed E-state index contributed by atoms with van der Waals surface area (Å²) in [6.07, 6.45) is 15.9. The van der Waals surface area contributed by atoms with Gasteiger partial charge in [-0.2, -0.15) is 0 Å². The number of nitrogens with two attached hydrogens (primary N) is 1. The molecule has 11 unspecified atom stereocenters. The molecule has 0 aromatic heterocycles. The Labute approximate surface area is 344 Å². The van der Waals surface area contributed by atoms with E-state index in [4.69, 9.17) is 20.2 Å². The fourth-order valence-electron chi connectivity index (χ4n) is 10.9. The number of hydrogen-bond acceptors (Lipinski definition) is 10. The van der Waals surface area contributed by atoms with Crippen LogP contribution in [0.2, 0.25) is 0 Å². The summed E-state index contributed by atoms with van der Waals surface area (Å²) in [4.78, 5) is 19.2. The highest BCUT2D eigenvalue weighted by atomic mass is 16.5. The van der Waals surface area contributed by atoms with Crippen molar-refractivity contribution in [1.29, 1.82) is 0 Å². The number of fused-ring (bicyclic) bond motifs is 6. The van der Waals surface area contributed by atoms with Gasteiger partial charge >= 0.3 is 0 Å². The molecule has 11 nitrogen and oxygen atoms in total. The maximum Gasteiger partial charge on any atom is 0.252 e. The minimum Gasteiger partial charge on any atom is -0.508 e. The van der Waals surface area contributed by atoms with Crippen LogP contribution in [-0.2, 0) is 11.2 Å². The van der Waals surface area contributed by atoms with Crippen molar-refractivity contribution in [3.63, 3.8) is 0 Å². The lowest BCUT2D eigenvalue weighted by molar-refractivity contribution is -0.891. The second-order valence-electron chi connectivity index (χ2n) is 17.8. The first-order valence-electron chi connectivity index (χ1n) is 21.2. The maximum absolute atomic E-state index is 13.2. The smallest absolute Gasteiger partial charge is 0.252 e. The zero-order chi connectivity index (χ0) is 40.6. The molecule has 2 bridgehead atoms. The minimum absolute atomic E-state index is 0.0511. The van der Waals surface area contributed by atoms with Gasteiger partial charge in [-0.25, -0.2) is 0 Å². The van der Waals surface area contributed by atoms with Crippen LogP contribution < -0.4 is 25.4 Å². The number of rotatable bonds is 6. The molecule has 11 heteroatoms. The molecular weight excluding hydrogens is 745 g/mol. The number of carbonyl (C=O) groups excluding carboxylic acids is 1. The molecule has 1 spiro atoms. The quantitative estimate of drug-likeness (QED) is 0.171. The average molecular weight is 796 g/mol. The van der Waals surface area contributed by atoms with Crippen molar-refractivity contribution in [3.05, 3.63) is 99.4 Å². The van der Waals surface area contributed by atoms with E-state index in [-0.39, 0.29) is 60.5 Å². The van der Waals surface area contributed by atoms with Crippen molar-refractivity contribution in [2.45, 2.75) is 101 Å². The molecule has 3 aliphatic carbocycles. The van der Waals surface area contributed by atoms with E-state index in [1.165, 1.54) is 11.6 Å². The van der Waals surface area contributed by atoms with Crippen LogP contribution >= 0.6 is 0 Å². The first kappa shape index (κ1) is 38.2. The number of carbonyl (C=O) groups is 1. The van der Waals surface area contributed by atoms with Crippen LogP contribution in [0, 0.1) is 47.0 Å². The largest absolute Gasteiger partial charge is 0.508 e. The van der Waals surface area contributed by atoms with E-state index < -0.39 is 41.8 Å². The Balaban J connectivity index is 1.02. The van der Waals surface area contributed by atoms with E-state index in [1.807, 2.05) is 37.4 Å². The fourth-order valence-corrected chi connectivity index (χ4v) is 10.9. The topological polar surface area (TPSA) is 171 Å². The van der Waals surface area contributed by atoms with Crippen LogP contribution in [0.4, 0.5) is 0 Å². The summed E-state index contributed by atoms with van der Waals surface area (Å²) in [6, 6.07) is 7.23. The number of benzene rings is 2. The maximum atomic E-state index is 13.2. The van der Waals surface area contributed by atoms with E-state index in [2.05, 4.69) is 47.5 Å². The third-order valence-corrected chi connectivity index (χ3v) is 14.1. The summed E-state index contributed by atoms with van der Waals surface area (Å²) in [5, 5.41) is 48.2. The Hall–Kier alpha value is -4.98. The van der Waals surface area contributed by atoms with Gasteiger partial charge in [0, 0.05) is 55.0 Å². The van der Waals surface area contributed by atoms with Gasteiger partial charge in [-0.1, -0.05) is 74.0 Å². The molecule has 2 aromatic rings. The van der Waals surface area contributed by atoms with Crippen LogP contribution in [0.5, 0.6) is 17.2 Å². The zero-order valence-electron chi connectivity index (χ0n) is 33.2. The Morgan fingerprint density at radius 1 is 1.08 bits per heavy atom. The zero-order valence-corrected chi connectivity index (χ0v) is 33.2. The predicted octanol–water partition coefficient (Wildman–Crippen LogP) is 3.62. The number of ether oxygens (including phenoxy) is 2. The third-order valence-electron chi connectivity index (χ3n) is 14.1. The van der Waals surface area contributed by atoms with Gasteiger partial charge < -0.3 is 35.6 Å². The van der Waals surface area contributed by atoms with Crippen molar-refractivity contribution in [3.8, 4) is 41.1 Å². The Kier molecular flexibility index (Phi) is 9.68. The molecular formula is C48H51N4O7+. The normalized spacial score (nSPS) is 33.1. The summed E-state index contributed by atoms with van der Waals surface area (Å²) in [5.74, 6) is 10.1.